The van der Waals surface area contributed by atoms with Gasteiger partial charge in [0.25, 0.3) is 0 Å². The Morgan fingerprint density at radius 2 is 1.83 bits per heavy atom. The minimum Gasteiger partial charge on any atom is -0.445 e. The van der Waals surface area contributed by atoms with Crippen LogP contribution in [0.1, 0.15) is 32.8 Å². The third-order valence-electron chi connectivity index (χ3n) is 2.90. The van der Waals surface area contributed by atoms with E-state index in [1.165, 1.54) is 0 Å². The molecule has 0 spiro atoms. The average molecular weight is 338 g/mol. The molecule has 0 heterocycles. The minimum absolute atomic E-state index is 0.124. The molecule has 0 saturated carbocycles. The van der Waals surface area contributed by atoms with E-state index in [0.29, 0.717) is 0 Å². The van der Waals surface area contributed by atoms with Crippen LogP contribution in [0.25, 0.3) is 0 Å². The highest BCUT2D eigenvalue weighted by molar-refractivity contribution is 5.69. The first-order chi connectivity index (χ1) is 11.3. The lowest BCUT2D eigenvalue weighted by Crippen LogP contribution is -2.46. The van der Waals surface area contributed by atoms with E-state index < -0.39 is 23.8 Å². The molecule has 0 fully saturated rings. The van der Waals surface area contributed by atoms with Crippen molar-refractivity contribution in [1.29, 1.82) is 0 Å². The number of benzene rings is 1. The van der Waals surface area contributed by atoms with Gasteiger partial charge in [-0.25, -0.2) is 9.59 Å². The summed E-state index contributed by atoms with van der Waals surface area (Å²) in [4.78, 5) is 23.4. The Hall–Kier alpha value is -2.28. The average Bonchev–Trinajstić information content (AvgIpc) is 2.50. The molecule has 2 amide bonds. The number of carbonyl (C=O) groups is 2. The van der Waals surface area contributed by atoms with Gasteiger partial charge in [0.05, 0.1) is 6.04 Å². The first kappa shape index (κ1) is 19.8. The lowest BCUT2D eigenvalue weighted by molar-refractivity contribution is 0.0495. The Morgan fingerprint density at radius 3 is 2.42 bits per heavy atom. The second kappa shape index (κ2) is 9.77. The van der Waals surface area contributed by atoms with Crippen molar-refractivity contribution in [2.45, 2.75) is 45.4 Å². The number of nitrogens with one attached hydrogen (secondary N) is 2. The molecule has 0 bridgehead atoms. The second-order valence-corrected chi connectivity index (χ2v) is 6.30. The molecule has 0 aliphatic carbocycles. The summed E-state index contributed by atoms with van der Waals surface area (Å²) in [6.07, 6.45) is -0.897. The Bertz CT molecular complexity index is 513. The number of ether oxygens (including phenoxy) is 2. The van der Waals surface area contributed by atoms with E-state index in [0.717, 1.165) is 5.56 Å². The predicted octanol–water partition coefficient (Wildman–Crippen LogP) is 2.19. The number of amides is 2. The lowest BCUT2D eigenvalue weighted by atomic mass is 10.2. The van der Waals surface area contributed by atoms with Gasteiger partial charge in [-0.1, -0.05) is 30.3 Å². The molecule has 1 rings (SSSR count). The maximum atomic E-state index is 11.7. The van der Waals surface area contributed by atoms with Crippen molar-refractivity contribution in [2.75, 3.05) is 13.2 Å². The molecule has 3 N–H and O–H groups in total. The number of carbonyl (C=O) groups excluding carboxylic acids is 2. The molecule has 0 radical (unpaired) electrons. The van der Waals surface area contributed by atoms with Gasteiger partial charge in [-0.2, -0.15) is 0 Å². The molecule has 0 aliphatic heterocycles. The van der Waals surface area contributed by atoms with Gasteiger partial charge in [0.15, 0.2) is 0 Å². The molecular weight excluding hydrogens is 312 g/mol. The van der Waals surface area contributed by atoms with E-state index in [4.69, 9.17) is 14.6 Å². The number of hydrogen-bond donors (Lipinski definition) is 3. The number of aliphatic hydroxyl groups is 1. The zero-order valence-corrected chi connectivity index (χ0v) is 14.4. The monoisotopic (exact) mass is 338 g/mol. The van der Waals surface area contributed by atoms with Crippen LogP contribution in [0.3, 0.4) is 0 Å². The zero-order chi connectivity index (χ0) is 18.0. The van der Waals surface area contributed by atoms with E-state index >= 15 is 0 Å². The van der Waals surface area contributed by atoms with Crippen LogP contribution in [0.4, 0.5) is 9.59 Å². The van der Waals surface area contributed by atoms with Crippen LogP contribution in [0.5, 0.6) is 0 Å². The maximum absolute atomic E-state index is 11.7. The molecule has 1 aromatic carbocycles. The fraction of sp³-hybridized carbons (Fsp3) is 0.529. The summed E-state index contributed by atoms with van der Waals surface area (Å²) in [6, 6.07) is 8.86. The van der Waals surface area contributed by atoms with E-state index in [2.05, 4.69) is 10.6 Å². The van der Waals surface area contributed by atoms with Crippen LogP contribution in [0.2, 0.25) is 0 Å². The summed E-state index contributed by atoms with van der Waals surface area (Å²) in [5, 5.41) is 14.2. The Kier molecular flexibility index (Phi) is 8.05. The topological polar surface area (TPSA) is 96.9 Å². The van der Waals surface area contributed by atoms with Gasteiger partial charge >= 0.3 is 12.2 Å². The number of rotatable bonds is 7. The van der Waals surface area contributed by atoms with Crippen LogP contribution in [-0.4, -0.2) is 42.1 Å². The fourth-order valence-corrected chi connectivity index (χ4v) is 1.84. The van der Waals surface area contributed by atoms with Crippen molar-refractivity contribution in [2.24, 2.45) is 0 Å². The largest absolute Gasteiger partial charge is 0.445 e. The second-order valence-electron chi connectivity index (χ2n) is 6.30. The van der Waals surface area contributed by atoms with Crippen molar-refractivity contribution in [3.8, 4) is 0 Å². The Balaban J connectivity index is 2.36. The molecule has 24 heavy (non-hydrogen) atoms. The molecule has 0 aliphatic rings. The Morgan fingerprint density at radius 1 is 1.17 bits per heavy atom. The molecule has 0 aromatic heterocycles. The molecule has 1 aromatic rings. The van der Waals surface area contributed by atoms with Crippen LogP contribution < -0.4 is 10.6 Å². The third-order valence-corrected chi connectivity index (χ3v) is 2.90. The quantitative estimate of drug-likeness (QED) is 0.708. The van der Waals surface area contributed by atoms with Gasteiger partial charge in [0, 0.05) is 13.2 Å². The molecule has 7 nitrogen and oxygen atoms in total. The van der Waals surface area contributed by atoms with Gasteiger partial charge in [-0.05, 0) is 32.8 Å². The molecule has 0 saturated heterocycles. The Labute approximate surface area is 142 Å². The summed E-state index contributed by atoms with van der Waals surface area (Å²) >= 11 is 0. The van der Waals surface area contributed by atoms with E-state index in [1.54, 1.807) is 20.8 Å². The van der Waals surface area contributed by atoms with Gasteiger partial charge in [0.1, 0.15) is 12.2 Å². The summed E-state index contributed by atoms with van der Waals surface area (Å²) in [5.74, 6) is 0. The van der Waals surface area contributed by atoms with Gasteiger partial charge in [-0.15, -0.1) is 0 Å². The molecular formula is C17H26N2O5. The molecule has 134 valence electrons. The summed E-state index contributed by atoms with van der Waals surface area (Å²) in [7, 11) is 0. The van der Waals surface area contributed by atoms with Crippen LogP contribution >= 0.6 is 0 Å². The number of hydrogen-bond acceptors (Lipinski definition) is 5. The lowest BCUT2D eigenvalue weighted by Gasteiger charge is -2.23. The van der Waals surface area contributed by atoms with Crippen molar-refractivity contribution in [1.82, 2.24) is 10.6 Å². The molecule has 1 atom stereocenters. The van der Waals surface area contributed by atoms with E-state index in [9.17, 15) is 9.59 Å². The highest BCUT2D eigenvalue weighted by atomic mass is 16.6. The minimum atomic E-state index is -0.615. The van der Waals surface area contributed by atoms with Crippen molar-refractivity contribution >= 4 is 12.2 Å². The van der Waals surface area contributed by atoms with E-state index in [-0.39, 0.29) is 26.2 Å². The first-order valence-electron chi connectivity index (χ1n) is 7.85. The first-order valence-corrected chi connectivity index (χ1v) is 7.85. The smallest absolute Gasteiger partial charge is 0.407 e. The van der Waals surface area contributed by atoms with Crippen LogP contribution in [0, 0.1) is 0 Å². The molecule has 7 heteroatoms. The summed E-state index contributed by atoms with van der Waals surface area (Å²) in [5.41, 5.74) is 0.266. The SMILES string of the molecule is CC(C)(C)OC(=O)NC(CCO)CNC(=O)OCc1ccccc1. The maximum Gasteiger partial charge on any atom is 0.407 e. The standard InChI is InChI=1S/C17H26N2O5/c1-17(2,3)24-16(22)19-14(9-10-20)11-18-15(21)23-12-13-7-5-4-6-8-13/h4-8,14,20H,9-12H2,1-3H3,(H,18,21)(H,19,22). The third kappa shape index (κ3) is 8.99. The van der Waals surface area contributed by atoms with Crippen LogP contribution in [-0.2, 0) is 16.1 Å². The van der Waals surface area contributed by atoms with Crippen molar-refractivity contribution in [3.63, 3.8) is 0 Å². The highest BCUT2D eigenvalue weighted by Gasteiger charge is 2.19. The number of aliphatic hydroxyl groups excluding tert-OH is 1. The fourth-order valence-electron chi connectivity index (χ4n) is 1.84. The molecule has 1 unspecified atom stereocenters. The van der Waals surface area contributed by atoms with Crippen LogP contribution in [0.15, 0.2) is 30.3 Å². The normalized spacial score (nSPS) is 12.2. The van der Waals surface area contributed by atoms with Gasteiger partial charge < -0.3 is 25.2 Å². The number of alkyl carbamates (subject to hydrolysis) is 2. The summed E-state index contributed by atoms with van der Waals surface area (Å²) < 4.78 is 10.2. The van der Waals surface area contributed by atoms with Gasteiger partial charge in [-0.3, -0.25) is 0 Å². The van der Waals surface area contributed by atoms with Crippen molar-refractivity contribution < 1.29 is 24.2 Å². The summed E-state index contributed by atoms with van der Waals surface area (Å²) in [6.45, 7) is 5.44. The zero-order valence-electron chi connectivity index (χ0n) is 14.4. The van der Waals surface area contributed by atoms with Gasteiger partial charge in [0.2, 0.25) is 0 Å². The van der Waals surface area contributed by atoms with E-state index in [1.807, 2.05) is 30.3 Å². The highest BCUT2D eigenvalue weighted by Crippen LogP contribution is 2.07. The van der Waals surface area contributed by atoms with Crippen molar-refractivity contribution in [3.05, 3.63) is 35.9 Å². The predicted molar refractivity (Wildman–Crippen MR) is 89.5 cm³/mol.